The van der Waals surface area contributed by atoms with Crippen LogP contribution in [0, 0.1) is 0 Å². The summed E-state index contributed by atoms with van der Waals surface area (Å²) in [5.41, 5.74) is 1.34. The molecule has 2 rings (SSSR count). The van der Waals surface area contributed by atoms with Gasteiger partial charge in [-0.15, -0.1) is 0 Å². The lowest BCUT2D eigenvalue weighted by molar-refractivity contribution is 0.101. The van der Waals surface area contributed by atoms with E-state index in [1.807, 2.05) is 13.0 Å². The molecule has 0 atom stereocenters. The molecule has 0 unspecified atom stereocenters. The van der Waals surface area contributed by atoms with E-state index in [9.17, 15) is 4.79 Å². The van der Waals surface area contributed by atoms with Crippen LogP contribution in [0.15, 0.2) is 22.6 Å². The van der Waals surface area contributed by atoms with Gasteiger partial charge in [0.2, 0.25) is 0 Å². The Balaban J connectivity index is 2.77. The fraction of sp³-hybridized carbons (Fsp3) is 0.308. The molecule has 0 fully saturated rings. The molecule has 1 aromatic heterocycles. The van der Waals surface area contributed by atoms with Gasteiger partial charge in [-0.25, -0.2) is 0 Å². The third-order valence-corrected chi connectivity index (χ3v) is 2.65. The Bertz CT molecular complexity index is 537. The molecule has 0 saturated heterocycles. The van der Waals surface area contributed by atoms with Gasteiger partial charge in [-0.05, 0) is 25.1 Å². The number of Topliss-reactive ketones (excluding diaryl/α,β-unsaturated/α-hetero) is 1. The molecule has 3 heteroatoms. The number of methoxy groups -OCH3 is 1. The average Bonchev–Trinajstić information content (AvgIpc) is 2.70. The van der Waals surface area contributed by atoms with Gasteiger partial charge in [0, 0.05) is 17.4 Å². The lowest BCUT2D eigenvalue weighted by atomic mass is 10.1. The standard InChI is InChI=1S/C13H14O3/c1-4-9-7-11-10(8(2)14)5-6-12(15-3)13(11)16-9/h5-7H,4H2,1-3H3. The molecule has 1 heterocycles. The molecule has 16 heavy (non-hydrogen) atoms. The number of rotatable bonds is 3. The van der Waals surface area contributed by atoms with Crippen molar-refractivity contribution >= 4 is 16.8 Å². The van der Waals surface area contributed by atoms with E-state index in [1.54, 1.807) is 26.2 Å². The van der Waals surface area contributed by atoms with Crippen LogP contribution in [0.3, 0.4) is 0 Å². The second-order valence-electron chi connectivity index (χ2n) is 3.68. The summed E-state index contributed by atoms with van der Waals surface area (Å²) in [5, 5.41) is 0.837. The van der Waals surface area contributed by atoms with Crippen LogP contribution in [0.25, 0.3) is 11.0 Å². The molecule has 1 aromatic carbocycles. The van der Waals surface area contributed by atoms with E-state index < -0.39 is 0 Å². The highest BCUT2D eigenvalue weighted by molar-refractivity contribution is 6.07. The van der Waals surface area contributed by atoms with Gasteiger partial charge in [0.15, 0.2) is 17.1 Å². The SMILES string of the molecule is CCc1cc2c(C(C)=O)ccc(OC)c2o1. The third-order valence-electron chi connectivity index (χ3n) is 2.65. The Morgan fingerprint density at radius 2 is 2.19 bits per heavy atom. The van der Waals surface area contributed by atoms with Gasteiger partial charge in [0.05, 0.1) is 7.11 Å². The fourth-order valence-corrected chi connectivity index (χ4v) is 1.79. The maximum atomic E-state index is 11.5. The first-order chi connectivity index (χ1) is 7.67. The van der Waals surface area contributed by atoms with E-state index in [0.29, 0.717) is 16.9 Å². The Kier molecular flexibility index (Phi) is 2.69. The van der Waals surface area contributed by atoms with Crippen molar-refractivity contribution in [1.29, 1.82) is 0 Å². The molecule has 0 aliphatic carbocycles. The molecular weight excluding hydrogens is 204 g/mol. The molecule has 3 nitrogen and oxygen atoms in total. The van der Waals surface area contributed by atoms with Crippen molar-refractivity contribution in [1.82, 2.24) is 0 Å². The number of ketones is 1. The summed E-state index contributed by atoms with van der Waals surface area (Å²) in [7, 11) is 1.59. The summed E-state index contributed by atoms with van der Waals surface area (Å²) in [6.07, 6.45) is 0.801. The van der Waals surface area contributed by atoms with Crippen LogP contribution in [0.5, 0.6) is 5.75 Å². The van der Waals surface area contributed by atoms with Crippen molar-refractivity contribution in [2.45, 2.75) is 20.3 Å². The second kappa shape index (κ2) is 4.00. The Morgan fingerprint density at radius 3 is 2.75 bits per heavy atom. The quantitative estimate of drug-likeness (QED) is 0.742. The first-order valence-corrected chi connectivity index (χ1v) is 5.27. The number of carbonyl (C=O) groups excluding carboxylic acids is 1. The van der Waals surface area contributed by atoms with Crippen molar-refractivity contribution in [2.75, 3.05) is 7.11 Å². The molecule has 0 aliphatic heterocycles. The molecule has 84 valence electrons. The summed E-state index contributed by atoms with van der Waals surface area (Å²) < 4.78 is 10.9. The molecule has 0 radical (unpaired) electrons. The van der Waals surface area contributed by atoms with E-state index in [2.05, 4.69) is 0 Å². The molecule has 0 saturated carbocycles. The predicted octanol–water partition coefficient (Wildman–Crippen LogP) is 3.21. The number of carbonyl (C=O) groups is 1. The van der Waals surface area contributed by atoms with Crippen molar-refractivity contribution < 1.29 is 13.9 Å². The van der Waals surface area contributed by atoms with Gasteiger partial charge in [-0.3, -0.25) is 4.79 Å². The van der Waals surface area contributed by atoms with Gasteiger partial charge < -0.3 is 9.15 Å². The van der Waals surface area contributed by atoms with Crippen molar-refractivity contribution in [2.24, 2.45) is 0 Å². The zero-order valence-corrected chi connectivity index (χ0v) is 9.66. The van der Waals surface area contributed by atoms with Gasteiger partial charge in [0.1, 0.15) is 5.76 Å². The second-order valence-corrected chi connectivity index (χ2v) is 3.68. The summed E-state index contributed by atoms with van der Waals surface area (Å²) in [5.74, 6) is 1.57. The van der Waals surface area contributed by atoms with E-state index in [4.69, 9.17) is 9.15 Å². The highest BCUT2D eigenvalue weighted by atomic mass is 16.5. The monoisotopic (exact) mass is 218 g/mol. The number of hydrogen-bond donors (Lipinski definition) is 0. The number of ether oxygens (including phenoxy) is 1. The van der Waals surface area contributed by atoms with Crippen molar-refractivity contribution in [3.05, 3.63) is 29.5 Å². The largest absolute Gasteiger partial charge is 0.493 e. The first kappa shape index (κ1) is 10.7. The molecule has 0 bridgehead atoms. The third kappa shape index (κ3) is 1.58. The molecule has 0 aliphatic rings. The topological polar surface area (TPSA) is 39.4 Å². The highest BCUT2D eigenvalue weighted by Crippen LogP contribution is 2.31. The molecule has 0 spiro atoms. The van der Waals surface area contributed by atoms with Gasteiger partial charge in [-0.1, -0.05) is 6.92 Å². The van der Waals surface area contributed by atoms with Crippen LogP contribution in [0.4, 0.5) is 0 Å². The number of furan rings is 1. The number of aryl methyl sites for hydroxylation is 1. The maximum Gasteiger partial charge on any atom is 0.176 e. The summed E-state index contributed by atoms with van der Waals surface area (Å²) in [6, 6.07) is 5.45. The molecule has 0 N–H and O–H groups in total. The van der Waals surface area contributed by atoms with Gasteiger partial charge in [0.25, 0.3) is 0 Å². The zero-order valence-electron chi connectivity index (χ0n) is 9.66. The summed E-state index contributed by atoms with van der Waals surface area (Å²) in [6.45, 7) is 3.57. The van der Waals surface area contributed by atoms with E-state index in [-0.39, 0.29) is 5.78 Å². The van der Waals surface area contributed by atoms with E-state index in [0.717, 1.165) is 17.6 Å². The maximum absolute atomic E-state index is 11.5. The average molecular weight is 218 g/mol. The van der Waals surface area contributed by atoms with Crippen LogP contribution in [0.1, 0.15) is 30.0 Å². The molecular formula is C13H14O3. The summed E-state index contributed by atoms with van der Waals surface area (Å²) >= 11 is 0. The van der Waals surface area contributed by atoms with Crippen LogP contribution >= 0.6 is 0 Å². The van der Waals surface area contributed by atoms with Crippen LogP contribution in [0.2, 0.25) is 0 Å². The fourth-order valence-electron chi connectivity index (χ4n) is 1.79. The Hall–Kier alpha value is -1.77. The zero-order chi connectivity index (χ0) is 11.7. The first-order valence-electron chi connectivity index (χ1n) is 5.27. The minimum atomic E-state index is 0.0381. The minimum Gasteiger partial charge on any atom is -0.493 e. The van der Waals surface area contributed by atoms with Crippen LogP contribution in [-0.4, -0.2) is 12.9 Å². The van der Waals surface area contributed by atoms with Gasteiger partial charge >= 0.3 is 0 Å². The lowest BCUT2D eigenvalue weighted by Gasteiger charge is -2.02. The highest BCUT2D eigenvalue weighted by Gasteiger charge is 2.14. The van der Waals surface area contributed by atoms with E-state index in [1.165, 1.54) is 0 Å². The Morgan fingerprint density at radius 1 is 1.44 bits per heavy atom. The number of hydrogen-bond acceptors (Lipinski definition) is 3. The number of fused-ring (bicyclic) bond motifs is 1. The molecule has 0 amide bonds. The summed E-state index contributed by atoms with van der Waals surface area (Å²) in [4.78, 5) is 11.5. The smallest absolute Gasteiger partial charge is 0.176 e. The Labute approximate surface area is 94.0 Å². The molecule has 2 aromatic rings. The van der Waals surface area contributed by atoms with Crippen molar-refractivity contribution in [3.8, 4) is 5.75 Å². The van der Waals surface area contributed by atoms with Crippen molar-refractivity contribution in [3.63, 3.8) is 0 Å². The van der Waals surface area contributed by atoms with Gasteiger partial charge in [-0.2, -0.15) is 0 Å². The van der Waals surface area contributed by atoms with Crippen LogP contribution < -0.4 is 4.74 Å². The van der Waals surface area contributed by atoms with Crippen LogP contribution in [-0.2, 0) is 6.42 Å². The lowest BCUT2D eigenvalue weighted by Crippen LogP contribution is -1.93. The predicted molar refractivity (Wildman–Crippen MR) is 62.1 cm³/mol. The minimum absolute atomic E-state index is 0.0381. The van der Waals surface area contributed by atoms with E-state index >= 15 is 0 Å². The number of benzene rings is 1. The normalized spacial score (nSPS) is 10.7.